The molecule has 0 spiro atoms. The fourth-order valence-electron chi connectivity index (χ4n) is 2.74. The van der Waals surface area contributed by atoms with Crippen molar-refractivity contribution >= 4 is 34.2 Å². The number of fused-ring (bicyclic) bond motifs is 1. The number of rotatable bonds is 6. The smallest absolute Gasteiger partial charge is 0.328 e. The molecular formula is C20H18N4O6. The van der Waals surface area contributed by atoms with Gasteiger partial charge in [0.2, 0.25) is 5.91 Å². The van der Waals surface area contributed by atoms with Gasteiger partial charge < -0.3 is 15.8 Å². The third kappa shape index (κ3) is 4.43. The van der Waals surface area contributed by atoms with Gasteiger partial charge in [-0.2, -0.15) is 0 Å². The molecular weight excluding hydrogens is 392 g/mol. The van der Waals surface area contributed by atoms with Gasteiger partial charge in [0.15, 0.2) is 6.10 Å². The molecule has 0 radical (unpaired) electrons. The zero-order chi connectivity index (χ0) is 21.8. The van der Waals surface area contributed by atoms with Crippen LogP contribution in [0.1, 0.15) is 17.3 Å². The zero-order valence-electron chi connectivity index (χ0n) is 15.9. The van der Waals surface area contributed by atoms with Gasteiger partial charge >= 0.3 is 5.97 Å². The molecule has 4 N–H and O–H groups in total. The Labute approximate surface area is 169 Å². The summed E-state index contributed by atoms with van der Waals surface area (Å²) in [4.78, 5) is 59.9. The van der Waals surface area contributed by atoms with Gasteiger partial charge in [0.25, 0.3) is 17.0 Å². The Bertz CT molecular complexity index is 1240. The molecule has 1 aromatic heterocycles. The molecule has 1 atom stereocenters. The van der Waals surface area contributed by atoms with E-state index in [1.54, 1.807) is 12.1 Å². The minimum Gasteiger partial charge on any atom is -0.451 e. The number of benzene rings is 2. The van der Waals surface area contributed by atoms with Gasteiger partial charge in [-0.05, 0) is 43.3 Å². The van der Waals surface area contributed by atoms with E-state index >= 15 is 0 Å². The van der Waals surface area contributed by atoms with Crippen molar-refractivity contribution in [2.24, 2.45) is 5.73 Å². The number of H-pyrrole nitrogens is 1. The molecule has 0 aliphatic rings. The van der Waals surface area contributed by atoms with Crippen LogP contribution in [0.15, 0.2) is 58.1 Å². The lowest BCUT2D eigenvalue weighted by Gasteiger charge is -2.14. The van der Waals surface area contributed by atoms with Crippen molar-refractivity contribution in [1.29, 1.82) is 0 Å². The highest BCUT2D eigenvalue weighted by Gasteiger charge is 2.19. The summed E-state index contributed by atoms with van der Waals surface area (Å²) in [7, 11) is 0. The molecule has 2 aromatic carbocycles. The molecule has 1 unspecified atom stereocenters. The van der Waals surface area contributed by atoms with Gasteiger partial charge in [0.1, 0.15) is 6.54 Å². The Morgan fingerprint density at radius 2 is 1.70 bits per heavy atom. The topological polar surface area (TPSA) is 153 Å². The first-order chi connectivity index (χ1) is 14.3. The average molecular weight is 410 g/mol. The number of primary amides is 1. The third-order valence-electron chi connectivity index (χ3n) is 4.29. The SMILES string of the molecule is CC(OC(=O)Cn1[nH]c(=O)c2ccccc2c1=O)C(=O)Nc1ccc(C(N)=O)cc1. The van der Waals surface area contributed by atoms with E-state index in [4.69, 9.17) is 10.5 Å². The number of nitrogens with two attached hydrogens (primary N) is 1. The van der Waals surface area contributed by atoms with Crippen molar-refractivity contribution in [2.75, 3.05) is 5.32 Å². The van der Waals surface area contributed by atoms with Crippen molar-refractivity contribution < 1.29 is 19.1 Å². The summed E-state index contributed by atoms with van der Waals surface area (Å²) in [6.07, 6.45) is -1.17. The molecule has 0 aliphatic heterocycles. The lowest BCUT2D eigenvalue weighted by Crippen LogP contribution is -2.35. The lowest BCUT2D eigenvalue weighted by molar-refractivity contribution is -0.154. The number of anilines is 1. The van der Waals surface area contributed by atoms with Gasteiger partial charge in [-0.1, -0.05) is 12.1 Å². The van der Waals surface area contributed by atoms with Crippen molar-refractivity contribution in [3.8, 4) is 0 Å². The maximum absolute atomic E-state index is 12.4. The van der Waals surface area contributed by atoms with Crippen molar-refractivity contribution in [3.05, 3.63) is 74.8 Å². The number of hydrogen-bond donors (Lipinski definition) is 3. The third-order valence-corrected chi connectivity index (χ3v) is 4.29. The van der Waals surface area contributed by atoms with E-state index in [1.807, 2.05) is 0 Å². The predicted molar refractivity (Wildman–Crippen MR) is 108 cm³/mol. The van der Waals surface area contributed by atoms with Crippen LogP contribution in [-0.4, -0.2) is 33.7 Å². The molecule has 154 valence electrons. The Hall–Kier alpha value is -4.21. The van der Waals surface area contributed by atoms with Crippen LogP contribution >= 0.6 is 0 Å². The monoisotopic (exact) mass is 410 g/mol. The number of carbonyl (C=O) groups is 3. The summed E-state index contributed by atoms with van der Waals surface area (Å²) >= 11 is 0. The maximum atomic E-state index is 12.4. The summed E-state index contributed by atoms with van der Waals surface area (Å²) in [6.45, 7) is 0.792. The van der Waals surface area contributed by atoms with Crippen LogP contribution in [0.5, 0.6) is 0 Å². The van der Waals surface area contributed by atoms with E-state index in [0.717, 1.165) is 4.68 Å². The van der Waals surface area contributed by atoms with E-state index < -0.39 is 41.6 Å². The predicted octanol–water partition coefficient (Wildman–Crippen LogP) is 0.359. The first kappa shape index (κ1) is 20.5. The number of aromatic amines is 1. The Morgan fingerprint density at radius 3 is 2.33 bits per heavy atom. The Kier molecular flexibility index (Phi) is 5.77. The molecule has 0 saturated carbocycles. The minimum absolute atomic E-state index is 0.166. The first-order valence-corrected chi connectivity index (χ1v) is 8.88. The molecule has 3 rings (SSSR count). The highest BCUT2D eigenvalue weighted by molar-refractivity contribution is 5.96. The summed E-state index contributed by atoms with van der Waals surface area (Å²) in [5.41, 5.74) is 4.72. The largest absolute Gasteiger partial charge is 0.451 e. The molecule has 2 amide bonds. The molecule has 3 aromatic rings. The second-order valence-electron chi connectivity index (χ2n) is 6.44. The number of nitrogens with one attached hydrogen (secondary N) is 2. The summed E-state index contributed by atoms with van der Waals surface area (Å²) in [5.74, 6) is -2.10. The summed E-state index contributed by atoms with van der Waals surface area (Å²) in [6, 6.07) is 12.0. The van der Waals surface area contributed by atoms with E-state index in [-0.39, 0.29) is 16.3 Å². The van der Waals surface area contributed by atoms with E-state index in [1.165, 1.54) is 43.3 Å². The van der Waals surface area contributed by atoms with Crippen LogP contribution in [0.2, 0.25) is 0 Å². The number of nitrogens with zero attached hydrogens (tertiary/aromatic N) is 1. The lowest BCUT2D eigenvalue weighted by atomic mass is 10.2. The zero-order valence-corrected chi connectivity index (χ0v) is 15.9. The molecule has 1 heterocycles. The standard InChI is InChI=1S/C20H18N4O6/c1-11(18(27)22-13-8-6-12(7-9-13)17(21)26)30-16(25)10-24-20(29)15-5-3-2-4-14(15)19(28)23-24/h2-9,11H,10H2,1H3,(H2,21,26)(H,22,27)(H,23,28). The minimum atomic E-state index is -1.17. The van der Waals surface area contributed by atoms with E-state index in [0.29, 0.717) is 5.69 Å². The van der Waals surface area contributed by atoms with Crippen LogP contribution in [-0.2, 0) is 20.9 Å². The fourth-order valence-corrected chi connectivity index (χ4v) is 2.74. The highest BCUT2D eigenvalue weighted by Crippen LogP contribution is 2.10. The van der Waals surface area contributed by atoms with Crippen LogP contribution < -0.4 is 22.2 Å². The Morgan fingerprint density at radius 1 is 1.07 bits per heavy atom. The van der Waals surface area contributed by atoms with Crippen molar-refractivity contribution in [2.45, 2.75) is 19.6 Å². The van der Waals surface area contributed by atoms with Crippen molar-refractivity contribution in [1.82, 2.24) is 9.78 Å². The van der Waals surface area contributed by atoms with Gasteiger partial charge in [0.05, 0.1) is 10.8 Å². The molecule has 0 aliphatic carbocycles. The Balaban J connectivity index is 1.66. The second-order valence-corrected chi connectivity index (χ2v) is 6.44. The molecule has 10 nitrogen and oxygen atoms in total. The highest BCUT2D eigenvalue weighted by atomic mass is 16.5. The summed E-state index contributed by atoms with van der Waals surface area (Å²) in [5, 5.41) is 5.22. The molecule has 0 saturated heterocycles. The first-order valence-electron chi connectivity index (χ1n) is 8.88. The van der Waals surface area contributed by atoms with Gasteiger partial charge in [-0.25, -0.2) is 4.68 Å². The van der Waals surface area contributed by atoms with E-state index in [9.17, 15) is 24.0 Å². The second kappa shape index (κ2) is 8.43. The van der Waals surface area contributed by atoms with Gasteiger partial charge in [0, 0.05) is 11.3 Å². The number of ether oxygens (including phenoxy) is 1. The van der Waals surface area contributed by atoms with Gasteiger partial charge in [-0.3, -0.25) is 29.1 Å². The molecule has 0 fully saturated rings. The molecule has 0 bridgehead atoms. The van der Waals surface area contributed by atoms with Crippen LogP contribution in [0.4, 0.5) is 5.69 Å². The number of hydrogen-bond acceptors (Lipinski definition) is 6. The number of amides is 2. The van der Waals surface area contributed by atoms with Crippen molar-refractivity contribution in [3.63, 3.8) is 0 Å². The average Bonchev–Trinajstić information content (AvgIpc) is 2.72. The van der Waals surface area contributed by atoms with Gasteiger partial charge in [-0.15, -0.1) is 0 Å². The van der Waals surface area contributed by atoms with Crippen LogP contribution in [0.25, 0.3) is 10.8 Å². The maximum Gasteiger partial charge on any atom is 0.328 e. The number of carbonyl (C=O) groups excluding carboxylic acids is 3. The van der Waals surface area contributed by atoms with E-state index in [2.05, 4.69) is 10.4 Å². The molecule has 30 heavy (non-hydrogen) atoms. The van der Waals surface area contributed by atoms with Crippen LogP contribution in [0.3, 0.4) is 0 Å². The number of esters is 1. The molecule has 10 heteroatoms. The normalized spacial score (nSPS) is 11.6. The van der Waals surface area contributed by atoms with Crippen LogP contribution in [0, 0.1) is 0 Å². The summed E-state index contributed by atoms with van der Waals surface area (Å²) < 4.78 is 5.88. The quantitative estimate of drug-likeness (QED) is 0.499. The number of aromatic nitrogens is 2. The fraction of sp³-hybridized carbons (Fsp3) is 0.150.